The number of anilines is 1. The van der Waals surface area contributed by atoms with E-state index in [1.54, 1.807) is 0 Å². The molecule has 0 radical (unpaired) electrons. The summed E-state index contributed by atoms with van der Waals surface area (Å²) in [5, 5.41) is 3.10. The molecule has 1 aromatic carbocycles. The van der Waals surface area contributed by atoms with Gasteiger partial charge in [0.2, 0.25) is 5.91 Å². The number of amides is 1. The highest BCUT2D eigenvalue weighted by Gasteiger charge is 2.59. The molecule has 0 aliphatic carbocycles. The van der Waals surface area contributed by atoms with Gasteiger partial charge in [-0.15, -0.1) is 0 Å². The summed E-state index contributed by atoms with van der Waals surface area (Å²) in [5.41, 5.74) is 1.73. The Bertz CT molecular complexity index is 644. The van der Waals surface area contributed by atoms with Crippen LogP contribution in [0.5, 0.6) is 0 Å². The third-order valence-corrected chi connectivity index (χ3v) is 6.45. The van der Waals surface area contributed by atoms with Crippen LogP contribution in [0.4, 0.5) is 5.69 Å². The molecule has 0 aromatic heterocycles. The molecule has 3 heterocycles. The third-order valence-electron chi connectivity index (χ3n) is 6.45. The van der Waals surface area contributed by atoms with Crippen LogP contribution >= 0.6 is 0 Å². The van der Waals surface area contributed by atoms with Crippen molar-refractivity contribution in [3.05, 3.63) is 29.8 Å². The van der Waals surface area contributed by atoms with Crippen LogP contribution in [-0.2, 0) is 15.0 Å². The number of piperidine rings is 1. The fourth-order valence-electron chi connectivity index (χ4n) is 5.24. The van der Waals surface area contributed by atoms with E-state index >= 15 is 0 Å². The minimum Gasteiger partial charge on any atom is -0.325 e. The van der Waals surface area contributed by atoms with Gasteiger partial charge in [-0.3, -0.25) is 9.69 Å². The molecule has 3 aliphatic rings. The first-order valence-corrected chi connectivity index (χ1v) is 8.79. The molecular formula is C19H24N2O2. The van der Waals surface area contributed by atoms with Crippen molar-refractivity contribution < 1.29 is 9.59 Å². The lowest BCUT2D eigenvalue weighted by atomic mass is 9.68. The van der Waals surface area contributed by atoms with Gasteiger partial charge in [-0.25, -0.2) is 0 Å². The molecule has 0 unspecified atom stereocenters. The number of carbonyl (C=O) groups excluding carboxylic acids is 2. The number of fused-ring (bicyclic) bond motifs is 4. The van der Waals surface area contributed by atoms with Crippen molar-refractivity contribution in [1.29, 1.82) is 0 Å². The SMILES string of the molecule is CC[C@@H]1CN2CC[C@@]3(C(=O)Nc4ccccc43)[C@@H]2C[C@@H]1CC=O. The van der Waals surface area contributed by atoms with E-state index in [0.29, 0.717) is 18.3 Å². The molecular weight excluding hydrogens is 288 g/mol. The smallest absolute Gasteiger partial charge is 0.236 e. The van der Waals surface area contributed by atoms with Gasteiger partial charge >= 0.3 is 0 Å². The highest BCUT2D eigenvalue weighted by Crippen LogP contribution is 2.52. The molecule has 1 N–H and O–H groups in total. The summed E-state index contributed by atoms with van der Waals surface area (Å²) >= 11 is 0. The monoisotopic (exact) mass is 312 g/mol. The van der Waals surface area contributed by atoms with E-state index in [2.05, 4.69) is 23.2 Å². The van der Waals surface area contributed by atoms with Gasteiger partial charge in [0, 0.05) is 24.7 Å². The fraction of sp³-hybridized carbons (Fsp3) is 0.579. The average molecular weight is 312 g/mol. The van der Waals surface area contributed by atoms with Crippen LogP contribution in [-0.4, -0.2) is 36.2 Å². The number of rotatable bonds is 3. The quantitative estimate of drug-likeness (QED) is 0.873. The number of hydrogen-bond acceptors (Lipinski definition) is 3. The fourth-order valence-corrected chi connectivity index (χ4v) is 5.24. The molecule has 3 aliphatic heterocycles. The van der Waals surface area contributed by atoms with Gasteiger partial charge < -0.3 is 10.1 Å². The number of hydrogen-bond donors (Lipinski definition) is 1. The van der Waals surface area contributed by atoms with Gasteiger partial charge in [0.25, 0.3) is 0 Å². The van der Waals surface area contributed by atoms with Gasteiger partial charge in [-0.1, -0.05) is 31.5 Å². The molecule has 2 saturated heterocycles. The summed E-state index contributed by atoms with van der Waals surface area (Å²) in [5.74, 6) is 1.14. The largest absolute Gasteiger partial charge is 0.325 e. The Morgan fingerprint density at radius 1 is 1.35 bits per heavy atom. The van der Waals surface area contributed by atoms with Crippen LogP contribution < -0.4 is 5.32 Å². The van der Waals surface area contributed by atoms with Crippen molar-refractivity contribution in [1.82, 2.24) is 4.90 Å². The van der Waals surface area contributed by atoms with Crippen LogP contribution in [0.2, 0.25) is 0 Å². The molecule has 2 fully saturated rings. The van der Waals surface area contributed by atoms with Crippen LogP contribution in [0.3, 0.4) is 0 Å². The van der Waals surface area contributed by atoms with Crippen molar-refractivity contribution in [2.45, 2.75) is 44.1 Å². The number of nitrogens with one attached hydrogen (secondary N) is 1. The lowest BCUT2D eigenvalue weighted by Gasteiger charge is -2.44. The zero-order valence-corrected chi connectivity index (χ0v) is 13.6. The Balaban J connectivity index is 1.72. The molecule has 1 amide bonds. The Labute approximate surface area is 137 Å². The van der Waals surface area contributed by atoms with E-state index in [-0.39, 0.29) is 11.9 Å². The molecule has 0 saturated carbocycles. The summed E-state index contributed by atoms with van der Waals surface area (Å²) in [6, 6.07) is 8.36. The van der Waals surface area contributed by atoms with E-state index in [0.717, 1.165) is 49.9 Å². The normalized spacial score (nSPS) is 35.9. The number of carbonyl (C=O) groups is 2. The highest BCUT2D eigenvalue weighted by atomic mass is 16.2. The summed E-state index contributed by atoms with van der Waals surface area (Å²) in [6.07, 6.45) is 4.65. The number of nitrogens with zero attached hydrogens (tertiary/aromatic N) is 1. The molecule has 1 aromatic rings. The van der Waals surface area contributed by atoms with Crippen molar-refractivity contribution in [2.75, 3.05) is 18.4 Å². The Morgan fingerprint density at radius 2 is 2.17 bits per heavy atom. The maximum atomic E-state index is 12.9. The molecule has 0 bridgehead atoms. The number of aldehydes is 1. The first-order valence-electron chi connectivity index (χ1n) is 8.79. The first-order chi connectivity index (χ1) is 11.2. The predicted molar refractivity (Wildman–Crippen MR) is 89.3 cm³/mol. The second kappa shape index (κ2) is 5.45. The lowest BCUT2D eigenvalue weighted by molar-refractivity contribution is -0.122. The molecule has 4 rings (SSSR count). The van der Waals surface area contributed by atoms with E-state index in [9.17, 15) is 9.59 Å². The standard InChI is InChI=1S/C19H24N2O2/c1-2-13-12-21-9-8-19(17(21)11-14(13)7-10-22)15-5-3-4-6-16(15)20-18(19)23/h3-6,10,13-14,17H,2,7-9,11-12H2,1H3,(H,20,23)/t13-,14+,17+,19+/m1/s1. The Morgan fingerprint density at radius 3 is 2.96 bits per heavy atom. The maximum absolute atomic E-state index is 12.9. The van der Waals surface area contributed by atoms with Crippen LogP contribution in [0.1, 0.15) is 38.2 Å². The Kier molecular flexibility index (Phi) is 3.52. The van der Waals surface area contributed by atoms with Gasteiger partial charge in [0.15, 0.2) is 0 Å². The highest BCUT2D eigenvalue weighted by molar-refractivity contribution is 6.07. The van der Waals surface area contributed by atoms with Gasteiger partial charge in [-0.2, -0.15) is 0 Å². The van der Waals surface area contributed by atoms with Crippen LogP contribution in [0.25, 0.3) is 0 Å². The van der Waals surface area contributed by atoms with E-state index < -0.39 is 5.41 Å². The summed E-state index contributed by atoms with van der Waals surface area (Å²) < 4.78 is 0. The molecule has 1 spiro atoms. The zero-order valence-electron chi connectivity index (χ0n) is 13.6. The Hall–Kier alpha value is -1.68. The second-order valence-corrected chi connectivity index (χ2v) is 7.30. The summed E-state index contributed by atoms with van der Waals surface area (Å²) in [4.78, 5) is 26.5. The van der Waals surface area contributed by atoms with E-state index in [1.807, 2.05) is 18.2 Å². The summed E-state index contributed by atoms with van der Waals surface area (Å²) in [6.45, 7) is 4.22. The minimum atomic E-state index is -0.406. The van der Waals surface area contributed by atoms with E-state index in [4.69, 9.17) is 0 Å². The van der Waals surface area contributed by atoms with Gasteiger partial charge in [0.1, 0.15) is 6.29 Å². The molecule has 4 nitrogen and oxygen atoms in total. The molecule has 4 atom stereocenters. The third kappa shape index (κ3) is 2.01. The van der Waals surface area contributed by atoms with Crippen LogP contribution in [0, 0.1) is 11.8 Å². The number of benzene rings is 1. The zero-order chi connectivity index (χ0) is 16.0. The van der Waals surface area contributed by atoms with Crippen molar-refractivity contribution in [3.8, 4) is 0 Å². The molecule has 122 valence electrons. The predicted octanol–water partition coefficient (Wildman–Crippen LogP) is 2.59. The summed E-state index contributed by atoms with van der Waals surface area (Å²) in [7, 11) is 0. The first kappa shape index (κ1) is 14.9. The van der Waals surface area contributed by atoms with Crippen molar-refractivity contribution >= 4 is 17.9 Å². The maximum Gasteiger partial charge on any atom is 0.236 e. The van der Waals surface area contributed by atoms with Crippen LogP contribution in [0.15, 0.2) is 24.3 Å². The van der Waals surface area contributed by atoms with E-state index in [1.165, 1.54) is 0 Å². The average Bonchev–Trinajstić information content (AvgIpc) is 3.07. The minimum absolute atomic E-state index is 0.158. The topological polar surface area (TPSA) is 49.4 Å². The van der Waals surface area contributed by atoms with Gasteiger partial charge in [-0.05, 0) is 42.9 Å². The lowest BCUT2D eigenvalue weighted by Crippen LogP contribution is -2.53. The number of para-hydroxylation sites is 1. The van der Waals surface area contributed by atoms with Gasteiger partial charge in [0.05, 0.1) is 5.41 Å². The molecule has 4 heteroatoms. The van der Waals surface area contributed by atoms with Crippen molar-refractivity contribution in [3.63, 3.8) is 0 Å². The van der Waals surface area contributed by atoms with Crippen molar-refractivity contribution in [2.24, 2.45) is 11.8 Å². The molecule has 23 heavy (non-hydrogen) atoms. The second-order valence-electron chi connectivity index (χ2n) is 7.30.